The van der Waals surface area contributed by atoms with Crippen LogP contribution in [0.3, 0.4) is 0 Å². The highest BCUT2D eigenvalue weighted by molar-refractivity contribution is 6.30. The number of carbonyl (C=O) groups is 1. The lowest BCUT2D eigenvalue weighted by Gasteiger charge is -2.09. The molecule has 0 saturated heterocycles. The normalized spacial score (nSPS) is 11.1. The summed E-state index contributed by atoms with van der Waals surface area (Å²) >= 11 is 6.06. The number of hydrogen-bond acceptors (Lipinski definition) is 2. The molecule has 0 unspecified atom stereocenters. The van der Waals surface area contributed by atoms with E-state index < -0.39 is 5.97 Å². The molecule has 6 rings (SSSR count). The number of carboxylic acids is 1. The number of ether oxygens (including phenoxy) is 1. The third kappa shape index (κ3) is 5.58. The smallest absolute Gasteiger partial charge is 0.339 e. The van der Waals surface area contributed by atoms with E-state index in [2.05, 4.69) is 47.2 Å². The Hall–Kier alpha value is -4.87. The van der Waals surface area contributed by atoms with Gasteiger partial charge in [-0.15, -0.1) is 0 Å². The minimum atomic E-state index is -1.02. The molecule has 202 valence electrons. The zero-order valence-corrected chi connectivity index (χ0v) is 22.7. The molecule has 0 aliphatic carbocycles. The van der Waals surface area contributed by atoms with Crippen LogP contribution in [0.1, 0.15) is 15.9 Å². The molecule has 0 radical (unpaired) electrons. The quantitative estimate of drug-likeness (QED) is 0.202. The molecule has 0 amide bonds. The summed E-state index contributed by atoms with van der Waals surface area (Å²) in [5.41, 5.74) is 7.29. The summed E-state index contributed by atoms with van der Waals surface area (Å²) in [5.74, 6) is -0.959. The summed E-state index contributed by atoms with van der Waals surface area (Å²) in [7, 11) is 0. The van der Waals surface area contributed by atoms with E-state index in [1.165, 1.54) is 18.2 Å². The van der Waals surface area contributed by atoms with Crippen molar-refractivity contribution in [3.05, 3.63) is 143 Å². The van der Waals surface area contributed by atoms with E-state index in [1.807, 2.05) is 30.3 Å². The van der Waals surface area contributed by atoms with Crippen LogP contribution in [0.4, 0.5) is 4.39 Å². The van der Waals surface area contributed by atoms with Gasteiger partial charge in [-0.05, 0) is 88.5 Å². The summed E-state index contributed by atoms with van der Waals surface area (Å²) in [4.78, 5) is 11.6. The predicted octanol–water partition coefficient (Wildman–Crippen LogP) is 9.08. The number of benzene rings is 5. The predicted molar refractivity (Wildman–Crippen MR) is 162 cm³/mol. The fourth-order valence-electron chi connectivity index (χ4n) is 5.03. The standard InChI is InChI=1S/C35H25ClFNO3/c36-28-12-5-23(6-13-28)24-9-16-30(17-10-24)38-22-27(19-20-41-34-4-2-1-3-31(34)35(39)40)32-21-26(11-18-33(32)38)25-7-14-29(37)15-8-25/h1-18,21-22H,19-20H2,(H,39,40). The summed E-state index contributed by atoms with van der Waals surface area (Å²) in [5, 5.41) is 11.2. The Morgan fingerprint density at radius 1 is 0.780 bits per heavy atom. The molecule has 0 fully saturated rings. The molecule has 0 atom stereocenters. The maximum atomic E-state index is 13.6. The van der Waals surface area contributed by atoms with E-state index in [9.17, 15) is 14.3 Å². The van der Waals surface area contributed by atoms with Gasteiger partial charge in [-0.2, -0.15) is 0 Å². The molecule has 6 heteroatoms. The molecule has 4 nitrogen and oxygen atoms in total. The molecular formula is C35H25ClFNO3. The van der Waals surface area contributed by atoms with Crippen LogP contribution in [0.15, 0.2) is 121 Å². The minimum Gasteiger partial charge on any atom is -0.492 e. The van der Waals surface area contributed by atoms with Crippen molar-refractivity contribution in [2.75, 3.05) is 6.61 Å². The van der Waals surface area contributed by atoms with Crippen LogP contribution in [-0.2, 0) is 6.42 Å². The van der Waals surface area contributed by atoms with Crippen molar-refractivity contribution >= 4 is 28.5 Å². The number of halogens is 2. The van der Waals surface area contributed by atoms with Crippen molar-refractivity contribution in [1.29, 1.82) is 0 Å². The van der Waals surface area contributed by atoms with Crippen LogP contribution in [0.25, 0.3) is 38.8 Å². The van der Waals surface area contributed by atoms with E-state index in [0.717, 1.165) is 44.4 Å². The number of hydrogen-bond donors (Lipinski definition) is 1. The van der Waals surface area contributed by atoms with Crippen molar-refractivity contribution in [3.63, 3.8) is 0 Å². The van der Waals surface area contributed by atoms with Gasteiger partial charge < -0.3 is 14.4 Å². The fourth-order valence-corrected chi connectivity index (χ4v) is 5.16. The molecule has 5 aromatic carbocycles. The van der Waals surface area contributed by atoms with Crippen LogP contribution in [0.5, 0.6) is 5.75 Å². The Morgan fingerprint density at radius 2 is 1.39 bits per heavy atom. The molecular weight excluding hydrogens is 537 g/mol. The Bertz CT molecular complexity index is 1840. The molecule has 0 spiro atoms. The van der Waals surface area contributed by atoms with Gasteiger partial charge >= 0.3 is 5.97 Å². The van der Waals surface area contributed by atoms with Gasteiger partial charge in [-0.3, -0.25) is 0 Å². The summed E-state index contributed by atoms with van der Waals surface area (Å²) < 4.78 is 21.6. The lowest BCUT2D eigenvalue weighted by molar-refractivity contribution is 0.0692. The first-order valence-electron chi connectivity index (χ1n) is 13.2. The third-order valence-corrected chi connectivity index (χ3v) is 7.39. The van der Waals surface area contributed by atoms with Crippen molar-refractivity contribution in [1.82, 2.24) is 4.57 Å². The maximum Gasteiger partial charge on any atom is 0.339 e. The van der Waals surface area contributed by atoms with E-state index in [1.54, 1.807) is 30.3 Å². The molecule has 0 saturated carbocycles. The minimum absolute atomic E-state index is 0.134. The fraction of sp³-hybridized carbons (Fsp3) is 0.0571. The average molecular weight is 562 g/mol. The highest BCUT2D eigenvalue weighted by Crippen LogP contribution is 2.32. The number of nitrogens with zero attached hydrogens (tertiary/aromatic N) is 1. The van der Waals surface area contributed by atoms with E-state index in [4.69, 9.17) is 16.3 Å². The molecule has 1 heterocycles. The van der Waals surface area contributed by atoms with Crippen LogP contribution in [-0.4, -0.2) is 22.2 Å². The highest BCUT2D eigenvalue weighted by atomic mass is 35.5. The van der Waals surface area contributed by atoms with Crippen molar-refractivity contribution in [2.45, 2.75) is 6.42 Å². The molecule has 1 aromatic heterocycles. The lowest BCUT2D eigenvalue weighted by atomic mass is 10.0. The summed E-state index contributed by atoms with van der Waals surface area (Å²) in [6.45, 7) is 0.305. The van der Waals surface area contributed by atoms with Crippen molar-refractivity contribution in [3.8, 4) is 33.7 Å². The topological polar surface area (TPSA) is 51.5 Å². The molecule has 0 bridgehead atoms. The van der Waals surface area contributed by atoms with Gasteiger partial charge in [-0.1, -0.05) is 66.2 Å². The first-order valence-corrected chi connectivity index (χ1v) is 13.6. The second kappa shape index (κ2) is 11.3. The largest absolute Gasteiger partial charge is 0.492 e. The maximum absolute atomic E-state index is 13.6. The van der Waals surface area contributed by atoms with E-state index in [0.29, 0.717) is 23.8 Å². The van der Waals surface area contributed by atoms with Gasteiger partial charge in [-0.25, -0.2) is 9.18 Å². The Kier molecular flexibility index (Phi) is 7.28. The monoisotopic (exact) mass is 561 g/mol. The number of aromatic nitrogens is 1. The van der Waals surface area contributed by atoms with Gasteiger partial charge in [0.05, 0.1) is 12.1 Å². The lowest BCUT2D eigenvalue weighted by Crippen LogP contribution is -2.06. The van der Waals surface area contributed by atoms with Gasteiger partial charge in [0.25, 0.3) is 0 Å². The van der Waals surface area contributed by atoms with Crippen molar-refractivity contribution < 1.29 is 19.0 Å². The van der Waals surface area contributed by atoms with E-state index in [-0.39, 0.29) is 11.4 Å². The number of carboxylic acid groups (broad SMARTS) is 1. The van der Waals surface area contributed by atoms with Gasteiger partial charge in [0, 0.05) is 28.7 Å². The van der Waals surface area contributed by atoms with Crippen LogP contribution in [0, 0.1) is 5.82 Å². The number of fused-ring (bicyclic) bond motifs is 1. The third-order valence-electron chi connectivity index (χ3n) is 7.13. The van der Waals surface area contributed by atoms with Crippen LogP contribution in [0.2, 0.25) is 5.02 Å². The zero-order chi connectivity index (χ0) is 28.3. The Labute approximate surface area is 241 Å². The first kappa shape index (κ1) is 26.4. The van der Waals surface area contributed by atoms with E-state index >= 15 is 0 Å². The number of para-hydroxylation sites is 1. The molecule has 0 aliphatic heterocycles. The number of rotatable bonds is 8. The van der Waals surface area contributed by atoms with Gasteiger partial charge in [0.1, 0.15) is 17.1 Å². The molecule has 0 aliphatic rings. The molecule has 41 heavy (non-hydrogen) atoms. The molecule has 1 N–H and O–H groups in total. The SMILES string of the molecule is O=C(O)c1ccccc1OCCc1cn(-c2ccc(-c3ccc(Cl)cc3)cc2)c2ccc(-c3ccc(F)cc3)cc12. The van der Waals surface area contributed by atoms with Gasteiger partial charge in [0.15, 0.2) is 0 Å². The van der Waals surface area contributed by atoms with Crippen molar-refractivity contribution in [2.24, 2.45) is 0 Å². The summed E-state index contributed by atoms with van der Waals surface area (Å²) in [6, 6.07) is 35.4. The molecule has 6 aromatic rings. The Morgan fingerprint density at radius 3 is 2.10 bits per heavy atom. The average Bonchev–Trinajstić information content (AvgIpc) is 3.36. The highest BCUT2D eigenvalue weighted by Gasteiger charge is 2.14. The second-order valence-corrected chi connectivity index (χ2v) is 10.2. The van der Waals surface area contributed by atoms with Gasteiger partial charge in [0.2, 0.25) is 0 Å². The number of aromatic carboxylic acids is 1. The zero-order valence-electron chi connectivity index (χ0n) is 21.9. The summed E-state index contributed by atoms with van der Waals surface area (Å²) in [6.07, 6.45) is 2.66. The first-order chi connectivity index (χ1) is 20.0. The Balaban J connectivity index is 1.35. The van der Waals surface area contributed by atoms with Crippen LogP contribution < -0.4 is 4.74 Å². The second-order valence-electron chi connectivity index (χ2n) is 9.72. The van der Waals surface area contributed by atoms with Crippen LogP contribution >= 0.6 is 11.6 Å².